The molecule has 0 spiro atoms. The number of piperazine rings is 1. The molecule has 3 atom stereocenters. The molecule has 3 unspecified atom stereocenters. The van der Waals surface area contributed by atoms with Crippen LogP contribution in [-0.4, -0.2) is 42.8 Å². The number of nitrogens with one attached hydrogen (secondary N) is 1. The monoisotopic (exact) mass is 286 g/mol. The van der Waals surface area contributed by atoms with Crippen molar-refractivity contribution in [1.82, 2.24) is 10.2 Å². The van der Waals surface area contributed by atoms with Gasteiger partial charge in [0.15, 0.2) is 0 Å². The highest BCUT2D eigenvalue weighted by molar-refractivity contribution is 5.21. The van der Waals surface area contributed by atoms with E-state index < -0.39 is 0 Å². The Kier molecular flexibility index (Phi) is 3.52. The molecular weight excluding hydrogens is 260 g/mol. The molecule has 1 aliphatic carbocycles. The Labute approximate surface area is 127 Å². The van der Waals surface area contributed by atoms with Crippen LogP contribution in [0, 0.1) is 5.92 Å². The molecule has 1 aromatic rings. The molecular formula is C18H26N2O. The first-order valence-corrected chi connectivity index (χ1v) is 8.40. The quantitative estimate of drug-likeness (QED) is 0.924. The predicted octanol–water partition coefficient (Wildman–Crippen LogP) is 2.59. The van der Waals surface area contributed by atoms with Gasteiger partial charge in [-0.1, -0.05) is 30.3 Å². The van der Waals surface area contributed by atoms with Crippen LogP contribution in [0.3, 0.4) is 0 Å². The molecule has 2 heterocycles. The van der Waals surface area contributed by atoms with E-state index in [1.807, 2.05) is 0 Å². The van der Waals surface area contributed by atoms with Gasteiger partial charge in [-0.15, -0.1) is 0 Å². The molecule has 3 nitrogen and oxygen atoms in total. The van der Waals surface area contributed by atoms with Gasteiger partial charge in [-0.3, -0.25) is 4.90 Å². The maximum absolute atomic E-state index is 5.68. The van der Waals surface area contributed by atoms with Crippen LogP contribution in [0.2, 0.25) is 0 Å². The summed E-state index contributed by atoms with van der Waals surface area (Å²) in [6.45, 7) is 6.55. The highest BCUT2D eigenvalue weighted by Gasteiger charge is 2.50. The molecule has 1 N–H and O–H groups in total. The summed E-state index contributed by atoms with van der Waals surface area (Å²) in [4.78, 5) is 2.78. The number of hydrogen-bond donors (Lipinski definition) is 1. The zero-order chi connectivity index (χ0) is 14.3. The van der Waals surface area contributed by atoms with Crippen molar-refractivity contribution in [3.05, 3.63) is 35.9 Å². The Morgan fingerprint density at radius 3 is 2.67 bits per heavy atom. The summed E-state index contributed by atoms with van der Waals surface area (Å²) < 4.78 is 5.68. The SMILES string of the molecule is CC1(C2CC2)CNC(c2ccccc2)CN1C1CCOC1. The van der Waals surface area contributed by atoms with Crippen molar-refractivity contribution < 1.29 is 4.74 Å². The minimum Gasteiger partial charge on any atom is -0.380 e. The lowest BCUT2D eigenvalue weighted by atomic mass is 9.86. The van der Waals surface area contributed by atoms with Crippen LogP contribution >= 0.6 is 0 Å². The summed E-state index contributed by atoms with van der Waals surface area (Å²) in [6.07, 6.45) is 4.00. The second-order valence-corrected chi connectivity index (χ2v) is 7.15. The first-order chi connectivity index (χ1) is 10.3. The minimum atomic E-state index is 0.323. The molecule has 0 bridgehead atoms. The van der Waals surface area contributed by atoms with E-state index in [1.165, 1.54) is 24.8 Å². The molecule has 114 valence electrons. The van der Waals surface area contributed by atoms with Gasteiger partial charge in [0, 0.05) is 37.3 Å². The van der Waals surface area contributed by atoms with Crippen LogP contribution in [0.5, 0.6) is 0 Å². The number of hydrogen-bond acceptors (Lipinski definition) is 3. The third kappa shape index (κ3) is 2.52. The zero-order valence-electron chi connectivity index (χ0n) is 12.9. The summed E-state index contributed by atoms with van der Waals surface area (Å²) in [7, 11) is 0. The van der Waals surface area contributed by atoms with E-state index in [4.69, 9.17) is 4.74 Å². The summed E-state index contributed by atoms with van der Waals surface area (Å²) >= 11 is 0. The van der Waals surface area contributed by atoms with Gasteiger partial charge in [-0.2, -0.15) is 0 Å². The average molecular weight is 286 g/mol. The maximum Gasteiger partial charge on any atom is 0.0622 e. The van der Waals surface area contributed by atoms with Crippen molar-refractivity contribution in [1.29, 1.82) is 0 Å². The first-order valence-electron chi connectivity index (χ1n) is 8.40. The Hall–Kier alpha value is -0.900. The number of nitrogens with zero attached hydrogens (tertiary/aromatic N) is 1. The van der Waals surface area contributed by atoms with E-state index in [-0.39, 0.29) is 0 Å². The molecule has 3 fully saturated rings. The lowest BCUT2D eigenvalue weighted by molar-refractivity contribution is -0.00570. The molecule has 2 saturated heterocycles. The summed E-state index contributed by atoms with van der Waals surface area (Å²) in [5, 5.41) is 3.82. The van der Waals surface area contributed by atoms with Crippen molar-refractivity contribution >= 4 is 0 Å². The standard InChI is InChI=1S/C18H26N2O/c1-18(15-7-8-15)13-19-17(14-5-3-2-4-6-14)11-20(18)16-9-10-21-12-16/h2-6,15-17,19H,7-13H2,1H3. The van der Waals surface area contributed by atoms with Crippen molar-refractivity contribution in [2.45, 2.75) is 43.8 Å². The molecule has 1 saturated carbocycles. The van der Waals surface area contributed by atoms with Crippen molar-refractivity contribution in [3.8, 4) is 0 Å². The largest absolute Gasteiger partial charge is 0.380 e. The fraction of sp³-hybridized carbons (Fsp3) is 0.667. The van der Waals surface area contributed by atoms with E-state index in [2.05, 4.69) is 47.5 Å². The topological polar surface area (TPSA) is 24.5 Å². The molecule has 2 aliphatic heterocycles. The third-order valence-corrected chi connectivity index (χ3v) is 5.75. The minimum absolute atomic E-state index is 0.323. The van der Waals surface area contributed by atoms with Crippen LogP contribution in [0.15, 0.2) is 30.3 Å². The highest BCUT2D eigenvalue weighted by atomic mass is 16.5. The van der Waals surface area contributed by atoms with Crippen molar-refractivity contribution in [2.24, 2.45) is 5.92 Å². The molecule has 4 rings (SSSR count). The molecule has 0 aromatic heterocycles. The molecule has 0 radical (unpaired) electrons. The van der Waals surface area contributed by atoms with Gasteiger partial charge in [0.05, 0.1) is 6.61 Å². The zero-order valence-corrected chi connectivity index (χ0v) is 12.9. The van der Waals surface area contributed by atoms with E-state index in [1.54, 1.807) is 0 Å². The van der Waals surface area contributed by atoms with E-state index in [0.29, 0.717) is 17.6 Å². The van der Waals surface area contributed by atoms with Crippen molar-refractivity contribution in [3.63, 3.8) is 0 Å². The van der Waals surface area contributed by atoms with Crippen LogP contribution in [0.1, 0.15) is 37.8 Å². The van der Waals surface area contributed by atoms with E-state index >= 15 is 0 Å². The van der Waals surface area contributed by atoms with E-state index in [9.17, 15) is 0 Å². The van der Waals surface area contributed by atoms with Crippen LogP contribution in [-0.2, 0) is 4.74 Å². The summed E-state index contributed by atoms with van der Waals surface area (Å²) in [5.41, 5.74) is 1.74. The number of benzene rings is 1. The lowest BCUT2D eigenvalue weighted by Gasteiger charge is -2.51. The smallest absolute Gasteiger partial charge is 0.0622 e. The molecule has 0 amide bonds. The van der Waals surface area contributed by atoms with Crippen LogP contribution < -0.4 is 5.32 Å². The van der Waals surface area contributed by atoms with Gasteiger partial charge in [0.1, 0.15) is 0 Å². The van der Waals surface area contributed by atoms with Crippen molar-refractivity contribution in [2.75, 3.05) is 26.3 Å². The van der Waals surface area contributed by atoms with Gasteiger partial charge in [-0.05, 0) is 37.7 Å². The number of ether oxygens (including phenoxy) is 1. The number of rotatable bonds is 3. The Balaban J connectivity index is 1.57. The fourth-order valence-corrected chi connectivity index (χ4v) is 4.23. The molecule has 21 heavy (non-hydrogen) atoms. The predicted molar refractivity (Wildman–Crippen MR) is 84.2 cm³/mol. The van der Waals surface area contributed by atoms with Gasteiger partial charge >= 0.3 is 0 Å². The Morgan fingerprint density at radius 2 is 2.00 bits per heavy atom. The van der Waals surface area contributed by atoms with E-state index in [0.717, 1.165) is 32.2 Å². The first kappa shape index (κ1) is 13.7. The van der Waals surface area contributed by atoms with Gasteiger partial charge in [0.2, 0.25) is 0 Å². The van der Waals surface area contributed by atoms with Gasteiger partial charge < -0.3 is 10.1 Å². The lowest BCUT2D eigenvalue weighted by Crippen LogP contribution is -2.64. The van der Waals surface area contributed by atoms with Gasteiger partial charge in [0.25, 0.3) is 0 Å². The third-order valence-electron chi connectivity index (χ3n) is 5.75. The van der Waals surface area contributed by atoms with Crippen LogP contribution in [0.25, 0.3) is 0 Å². The van der Waals surface area contributed by atoms with Crippen LogP contribution in [0.4, 0.5) is 0 Å². The molecule has 1 aromatic carbocycles. The second kappa shape index (κ2) is 5.38. The summed E-state index contributed by atoms with van der Waals surface area (Å²) in [5.74, 6) is 0.877. The fourth-order valence-electron chi connectivity index (χ4n) is 4.23. The second-order valence-electron chi connectivity index (χ2n) is 7.15. The molecule has 3 aliphatic rings. The normalized spacial score (nSPS) is 37.8. The maximum atomic E-state index is 5.68. The Morgan fingerprint density at radius 1 is 1.19 bits per heavy atom. The molecule has 3 heteroatoms. The Bertz CT molecular complexity index is 481. The average Bonchev–Trinajstić information content (AvgIpc) is 3.26. The van der Waals surface area contributed by atoms with Gasteiger partial charge in [-0.25, -0.2) is 0 Å². The highest BCUT2D eigenvalue weighted by Crippen LogP contribution is 2.46. The summed E-state index contributed by atoms with van der Waals surface area (Å²) in [6, 6.07) is 12.0.